The molecule has 138 valence electrons. The van der Waals surface area contributed by atoms with Gasteiger partial charge in [-0.05, 0) is 43.9 Å². The van der Waals surface area contributed by atoms with Gasteiger partial charge in [-0.15, -0.1) is 0 Å². The zero-order chi connectivity index (χ0) is 18.8. The number of anilines is 1. The molecule has 2 atom stereocenters. The number of aromatic nitrogens is 4. The molecule has 1 fully saturated rings. The van der Waals surface area contributed by atoms with Gasteiger partial charge >= 0.3 is 0 Å². The second kappa shape index (κ2) is 7.53. The summed E-state index contributed by atoms with van der Waals surface area (Å²) in [4.78, 5) is 13.1. The predicted octanol–water partition coefficient (Wildman–Crippen LogP) is 4.06. The molecule has 8 heteroatoms. The van der Waals surface area contributed by atoms with Gasteiger partial charge in [-0.2, -0.15) is 10.2 Å². The third-order valence-electron chi connectivity index (χ3n) is 4.98. The first-order valence-electron chi connectivity index (χ1n) is 8.87. The number of nitriles is 1. The molecule has 1 aliphatic carbocycles. The van der Waals surface area contributed by atoms with Crippen molar-refractivity contribution in [1.29, 1.82) is 5.26 Å². The average molecular weight is 427 g/mol. The molecule has 1 N–H and O–H groups in total. The van der Waals surface area contributed by atoms with Gasteiger partial charge < -0.3 is 14.6 Å². The van der Waals surface area contributed by atoms with E-state index >= 15 is 0 Å². The normalized spacial score (nSPS) is 19.6. The lowest BCUT2D eigenvalue weighted by Crippen LogP contribution is -2.29. The van der Waals surface area contributed by atoms with Crippen molar-refractivity contribution < 1.29 is 4.74 Å². The van der Waals surface area contributed by atoms with E-state index in [1.54, 1.807) is 0 Å². The molecule has 0 aliphatic heterocycles. The maximum Gasteiger partial charge on any atom is 0.236 e. The summed E-state index contributed by atoms with van der Waals surface area (Å²) in [7, 11) is 1.51. The maximum atomic E-state index is 9.06. The molecule has 0 radical (unpaired) electrons. The highest BCUT2D eigenvalue weighted by Crippen LogP contribution is 2.33. The summed E-state index contributed by atoms with van der Waals surface area (Å²) in [6.07, 6.45) is 7.69. The van der Waals surface area contributed by atoms with Gasteiger partial charge in [0.05, 0.1) is 30.7 Å². The Morgan fingerprint density at radius 3 is 3.04 bits per heavy atom. The summed E-state index contributed by atoms with van der Waals surface area (Å²) in [6, 6.07) is 8.87. The largest absolute Gasteiger partial charge is 0.480 e. The minimum Gasteiger partial charge on any atom is -0.480 e. The number of hydrogen-bond acceptors (Lipinski definition) is 6. The molecular formula is C19H19BrN6O. The lowest BCUT2D eigenvalue weighted by atomic mass is 9.90. The smallest absolute Gasteiger partial charge is 0.236 e. The van der Waals surface area contributed by atoms with Crippen LogP contribution in [0.5, 0.6) is 5.88 Å². The van der Waals surface area contributed by atoms with Gasteiger partial charge in [-0.1, -0.05) is 15.9 Å². The van der Waals surface area contributed by atoms with E-state index < -0.39 is 0 Å². The van der Waals surface area contributed by atoms with Crippen molar-refractivity contribution >= 4 is 32.9 Å². The first kappa shape index (κ1) is 17.7. The minimum absolute atomic E-state index is 0.259. The van der Waals surface area contributed by atoms with E-state index in [1.807, 2.05) is 18.5 Å². The Kier molecular flexibility index (Phi) is 4.94. The highest BCUT2D eigenvalue weighted by atomic mass is 79.9. The van der Waals surface area contributed by atoms with E-state index in [9.17, 15) is 0 Å². The van der Waals surface area contributed by atoms with Crippen LogP contribution in [0.2, 0.25) is 0 Å². The van der Waals surface area contributed by atoms with E-state index in [0.29, 0.717) is 23.4 Å². The Balaban J connectivity index is 1.52. The molecule has 1 saturated carbocycles. The summed E-state index contributed by atoms with van der Waals surface area (Å²) in [5.41, 5.74) is 2.49. The van der Waals surface area contributed by atoms with Gasteiger partial charge in [0.25, 0.3) is 0 Å². The van der Waals surface area contributed by atoms with Crippen LogP contribution in [0.4, 0.5) is 5.95 Å². The van der Waals surface area contributed by atoms with Crippen LogP contribution < -0.4 is 10.1 Å². The van der Waals surface area contributed by atoms with Gasteiger partial charge in [0.1, 0.15) is 11.6 Å². The minimum atomic E-state index is 0.259. The lowest BCUT2D eigenvalue weighted by molar-refractivity contribution is 0.336. The summed E-state index contributed by atoms with van der Waals surface area (Å²) >= 11 is 3.50. The molecule has 0 saturated heterocycles. The zero-order valence-corrected chi connectivity index (χ0v) is 16.5. The Morgan fingerprint density at radius 2 is 2.22 bits per heavy atom. The molecule has 0 spiro atoms. The van der Waals surface area contributed by atoms with E-state index in [4.69, 9.17) is 10.00 Å². The number of nitrogens with zero attached hydrogens (tertiary/aromatic N) is 5. The van der Waals surface area contributed by atoms with Crippen molar-refractivity contribution in [3.05, 3.63) is 40.8 Å². The number of ether oxygens (including phenoxy) is 1. The van der Waals surface area contributed by atoms with Crippen LogP contribution in [0.15, 0.2) is 35.2 Å². The number of fused-ring (bicyclic) bond motifs is 1. The highest BCUT2D eigenvalue weighted by molar-refractivity contribution is 9.10. The molecule has 4 rings (SSSR count). The monoisotopic (exact) mass is 426 g/mol. The van der Waals surface area contributed by atoms with Crippen molar-refractivity contribution in [1.82, 2.24) is 19.5 Å². The van der Waals surface area contributed by atoms with E-state index in [0.717, 1.165) is 41.2 Å². The van der Waals surface area contributed by atoms with Crippen molar-refractivity contribution in [2.75, 3.05) is 12.4 Å². The van der Waals surface area contributed by atoms with E-state index in [-0.39, 0.29) is 6.04 Å². The fourth-order valence-electron chi connectivity index (χ4n) is 3.69. The van der Waals surface area contributed by atoms with E-state index in [1.165, 1.54) is 13.3 Å². The van der Waals surface area contributed by atoms with Crippen LogP contribution in [-0.4, -0.2) is 32.7 Å². The third kappa shape index (κ3) is 3.60. The quantitative estimate of drug-likeness (QED) is 0.676. The molecule has 3 aromatic rings. The van der Waals surface area contributed by atoms with Crippen molar-refractivity contribution in [3.63, 3.8) is 0 Å². The van der Waals surface area contributed by atoms with Crippen LogP contribution >= 0.6 is 15.9 Å². The Morgan fingerprint density at radius 1 is 1.33 bits per heavy atom. The van der Waals surface area contributed by atoms with Crippen LogP contribution in [0.3, 0.4) is 0 Å². The molecule has 0 bridgehead atoms. The molecule has 1 aromatic carbocycles. The van der Waals surface area contributed by atoms with Crippen molar-refractivity contribution in [3.8, 4) is 11.9 Å². The first-order valence-corrected chi connectivity index (χ1v) is 9.67. The summed E-state index contributed by atoms with van der Waals surface area (Å²) in [5.74, 6) is 0.796. The van der Waals surface area contributed by atoms with Gasteiger partial charge in [-0.3, -0.25) is 0 Å². The molecule has 2 aromatic heterocycles. The summed E-state index contributed by atoms with van der Waals surface area (Å²) in [6.45, 7) is 0. The van der Waals surface area contributed by atoms with Crippen LogP contribution in [-0.2, 0) is 0 Å². The summed E-state index contributed by atoms with van der Waals surface area (Å²) < 4.78 is 8.49. The second-order valence-electron chi connectivity index (χ2n) is 6.67. The molecule has 27 heavy (non-hydrogen) atoms. The first-order chi connectivity index (χ1) is 13.2. The van der Waals surface area contributed by atoms with E-state index in [2.05, 4.69) is 52.9 Å². The van der Waals surface area contributed by atoms with Gasteiger partial charge in [0.2, 0.25) is 11.8 Å². The highest BCUT2D eigenvalue weighted by Gasteiger charge is 2.25. The molecule has 7 nitrogen and oxygen atoms in total. The molecule has 0 unspecified atom stereocenters. The molecular weight excluding hydrogens is 408 g/mol. The number of methoxy groups -OCH3 is 1. The number of nitrogens with one attached hydrogen (secondary N) is 1. The van der Waals surface area contributed by atoms with Crippen molar-refractivity contribution in [2.24, 2.45) is 0 Å². The Bertz CT molecular complexity index is 1010. The molecule has 0 amide bonds. The number of rotatable bonds is 4. The lowest BCUT2D eigenvalue weighted by Gasteiger charge is -2.31. The summed E-state index contributed by atoms with van der Waals surface area (Å²) in [5, 5.41) is 12.5. The van der Waals surface area contributed by atoms with Gasteiger partial charge in [0.15, 0.2) is 0 Å². The Hall–Kier alpha value is -2.66. The van der Waals surface area contributed by atoms with Crippen LogP contribution in [0.25, 0.3) is 11.0 Å². The molecule has 2 heterocycles. The van der Waals surface area contributed by atoms with Gasteiger partial charge in [0, 0.05) is 16.6 Å². The number of imidazole rings is 1. The predicted molar refractivity (Wildman–Crippen MR) is 106 cm³/mol. The standard InChI is InChI=1S/C19H19BrN6O/c1-27-18-12(9-21)10-22-19(25-18)24-14-3-2-4-15(8-14)26-11-23-16-7-13(20)5-6-17(16)26/h5-7,10-11,14-15H,2-4,8H2,1H3,(H,22,24,25)/t14-,15+/m1/s1. The fraction of sp³-hybridized carbons (Fsp3) is 0.368. The van der Waals surface area contributed by atoms with Gasteiger partial charge in [-0.25, -0.2) is 9.97 Å². The third-order valence-corrected chi connectivity index (χ3v) is 5.47. The second-order valence-corrected chi connectivity index (χ2v) is 7.59. The number of benzene rings is 1. The number of hydrogen-bond donors (Lipinski definition) is 1. The molecule has 1 aliphatic rings. The SMILES string of the molecule is COc1nc(N[C@@H]2CCC[C@H](n3cnc4cc(Br)ccc43)C2)ncc1C#N. The average Bonchev–Trinajstić information content (AvgIpc) is 3.11. The Labute approximate surface area is 165 Å². The number of halogens is 1. The van der Waals surface area contributed by atoms with Crippen LogP contribution in [0, 0.1) is 11.3 Å². The van der Waals surface area contributed by atoms with Crippen LogP contribution in [0.1, 0.15) is 37.3 Å². The van der Waals surface area contributed by atoms with Crippen molar-refractivity contribution in [2.45, 2.75) is 37.8 Å². The fourth-order valence-corrected chi connectivity index (χ4v) is 4.04. The topological polar surface area (TPSA) is 88.7 Å². The maximum absolute atomic E-state index is 9.06. The zero-order valence-electron chi connectivity index (χ0n) is 14.9.